The molecule has 0 atom stereocenters. The van der Waals surface area contributed by atoms with Crippen LogP contribution in [0.2, 0.25) is 0 Å². The maximum absolute atomic E-state index is 14.2. The molecular formula is C22H15FN2O2. The molecule has 4 nitrogen and oxygen atoms in total. The SMILES string of the molecule is O=C(Nc1ccccc1-c1ccccc1F)c1c[nH]c2ccccc2c1=O. The van der Waals surface area contributed by atoms with Gasteiger partial charge in [0, 0.05) is 33.9 Å². The molecule has 0 aliphatic rings. The van der Waals surface area contributed by atoms with Crippen LogP contribution in [0.15, 0.2) is 83.8 Å². The zero-order valence-electron chi connectivity index (χ0n) is 14.2. The van der Waals surface area contributed by atoms with Crippen molar-refractivity contribution in [3.05, 3.63) is 101 Å². The maximum atomic E-state index is 14.2. The summed E-state index contributed by atoms with van der Waals surface area (Å²) in [7, 11) is 0. The molecule has 1 heterocycles. The van der Waals surface area contributed by atoms with Crippen molar-refractivity contribution in [1.82, 2.24) is 4.98 Å². The number of halogens is 1. The zero-order valence-corrected chi connectivity index (χ0v) is 14.2. The van der Waals surface area contributed by atoms with Crippen molar-refractivity contribution in [2.45, 2.75) is 0 Å². The topological polar surface area (TPSA) is 62.0 Å². The lowest BCUT2D eigenvalue weighted by molar-refractivity contribution is 0.102. The summed E-state index contributed by atoms with van der Waals surface area (Å²) in [6, 6.07) is 20.2. The third-order valence-corrected chi connectivity index (χ3v) is 4.37. The van der Waals surface area contributed by atoms with E-state index in [-0.39, 0.29) is 16.8 Å². The Kier molecular flexibility index (Phi) is 4.26. The van der Waals surface area contributed by atoms with Crippen LogP contribution < -0.4 is 10.7 Å². The molecule has 0 bridgehead atoms. The van der Waals surface area contributed by atoms with Crippen LogP contribution >= 0.6 is 0 Å². The van der Waals surface area contributed by atoms with Gasteiger partial charge in [-0.15, -0.1) is 0 Å². The van der Waals surface area contributed by atoms with E-state index in [0.29, 0.717) is 27.7 Å². The number of carbonyl (C=O) groups excluding carboxylic acids is 1. The monoisotopic (exact) mass is 358 g/mol. The lowest BCUT2D eigenvalue weighted by Crippen LogP contribution is -2.22. The van der Waals surface area contributed by atoms with E-state index >= 15 is 0 Å². The number of fused-ring (bicyclic) bond motifs is 1. The highest BCUT2D eigenvalue weighted by atomic mass is 19.1. The van der Waals surface area contributed by atoms with Crippen LogP contribution in [0.3, 0.4) is 0 Å². The van der Waals surface area contributed by atoms with Crippen LogP contribution in [0, 0.1) is 5.82 Å². The first-order valence-corrected chi connectivity index (χ1v) is 8.41. The molecule has 4 aromatic rings. The average Bonchev–Trinajstić information content (AvgIpc) is 2.69. The highest BCUT2D eigenvalue weighted by molar-refractivity contribution is 6.07. The van der Waals surface area contributed by atoms with Crippen molar-refractivity contribution in [2.24, 2.45) is 0 Å². The zero-order chi connectivity index (χ0) is 18.8. The van der Waals surface area contributed by atoms with Crippen LogP contribution in [0.4, 0.5) is 10.1 Å². The standard InChI is InChI=1S/C22H15FN2O2/c23-18-10-4-1-7-14(18)15-8-2-6-12-20(15)25-22(27)17-13-24-19-11-5-3-9-16(19)21(17)26/h1-13H,(H,24,26)(H,25,27). The van der Waals surface area contributed by atoms with Crippen LogP contribution in [-0.4, -0.2) is 10.9 Å². The fourth-order valence-electron chi connectivity index (χ4n) is 3.03. The first kappa shape index (κ1) is 16.7. The predicted octanol–water partition coefficient (Wildman–Crippen LogP) is 4.59. The fourth-order valence-corrected chi connectivity index (χ4v) is 3.03. The highest BCUT2D eigenvalue weighted by Crippen LogP contribution is 2.30. The number of aromatic amines is 1. The Labute approximate surface area is 154 Å². The lowest BCUT2D eigenvalue weighted by atomic mass is 10.0. The van der Waals surface area contributed by atoms with Crippen LogP contribution in [0.1, 0.15) is 10.4 Å². The number of aromatic nitrogens is 1. The van der Waals surface area contributed by atoms with Gasteiger partial charge in [0.15, 0.2) is 0 Å². The van der Waals surface area contributed by atoms with Crippen LogP contribution in [0.5, 0.6) is 0 Å². The smallest absolute Gasteiger partial charge is 0.261 e. The molecule has 1 aromatic heterocycles. The summed E-state index contributed by atoms with van der Waals surface area (Å²) in [5.41, 5.74) is 1.65. The highest BCUT2D eigenvalue weighted by Gasteiger charge is 2.16. The molecule has 1 amide bonds. The Balaban J connectivity index is 1.74. The predicted molar refractivity (Wildman–Crippen MR) is 104 cm³/mol. The molecule has 2 N–H and O–H groups in total. The number of hydrogen-bond acceptors (Lipinski definition) is 2. The van der Waals surface area contributed by atoms with E-state index in [1.54, 1.807) is 60.7 Å². The van der Waals surface area contributed by atoms with Crippen molar-refractivity contribution in [2.75, 3.05) is 5.32 Å². The van der Waals surface area contributed by atoms with Crippen LogP contribution in [0.25, 0.3) is 22.0 Å². The summed E-state index contributed by atoms with van der Waals surface area (Å²) in [5, 5.41) is 3.17. The summed E-state index contributed by atoms with van der Waals surface area (Å²) in [4.78, 5) is 28.3. The molecule has 0 fully saturated rings. The van der Waals surface area contributed by atoms with Crippen molar-refractivity contribution in [3.8, 4) is 11.1 Å². The van der Waals surface area contributed by atoms with Gasteiger partial charge in [-0.3, -0.25) is 9.59 Å². The van der Waals surface area contributed by atoms with Gasteiger partial charge in [-0.1, -0.05) is 48.5 Å². The summed E-state index contributed by atoms with van der Waals surface area (Å²) >= 11 is 0. The Bertz CT molecular complexity index is 1210. The minimum Gasteiger partial charge on any atom is -0.360 e. The number of carbonyl (C=O) groups is 1. The second kappa shape index (κ2) is 6.88. The summed E-state index contributed by atoms with van der Waals surface area (Å²) in [6.45, 7) is 0. The van der Waals surface area contributed by atoms with Crippen molar-refractivity contribution < 1.29 is 9.18 Å². The molecular weight excluding hydrogens is 343 g/mol. The number of amides is 1. The molecule has 5 heteroatoms. The van der Waals surface area contributed by atoms with Gasteiger partial charge in [0.1, 0.15) is 11.4 Å². The van der Waals surface area contributed by atoms with E-state index in [2.05, 4.69) is 10.3 Å². The number of hydrogen-bond donors (Lipinski definition) is 2. The van der Waals surface area contributed by atoms with Gasteiger partial charge in [0.25, 0.3) is 5.91 Å². The average molecular weight is 358 g/mol. The molecule has 0 radical (unpaired) electrons. The minimum absolute atomic E-state index is 0.00274. The Morgan fingerprint density at radius 1 is 0.852 bits per heavy atom. The van der Waals surface area contributed by atoms with E-state index in [1.807, 2.05) is 6.07 Å². The molecule has 0 aliphatic heterocycles. The summed E-state index contributed by atoms with van der Waals surface area (Å²) in [5.74, 6) is -0.937. The summed E-state index contributed by atoms with van der Waals surface area (Å²) in [6.07, 6.45) is 1.39. The molecule has 0 aliphatic carbocycles. The Morgan fingerprint density at radius 2 is 1.52 bits per heavy atom. The quantitative estimate of drug-likeness (QED) is 0.563. The van der Waals surface area contributed by atoms with Crippen molar-refractivity contribution in [1.29, 1.82) is 0 Å². The number of para-hydroxylation sites is 2. The molecule has 0 unspecified atom stereocenters. The Morgan fingerprint density at radius 3 is 2.33 bits per heavy atom. The second-order valence-electron chi connectivity index (χ2n) is 6.06. The number of H-pyrrole nitrogens is 1. The first-order valence-electron chi connectivity index (χ1n) is 8.41. The number of rotatable bonds is 3. The van der Waals surface area contributed by atoms with Gasteiger partial charge in [-0.05, 0) is 24.3 Å². The minimum atomic E-state index is -0.550. The van der Waals surface area contributed by atoms with Gasteiger partial charge in [-0.25, -0.2) is 4.39 Å². The number of anilines is 1. The van der Waals surface area contributed by atoms with Crippen LogP contribution in [-0.2, 0) is 0 Å². The third-order valence-electron chi connectivity index (χ3n) is 4.37. The van der Waals surface area contributed by atoms with Gasteiger partial charge >= 0.3 is 0 Å². The number of benzene rings is 3. The largest absolute Gasteiger partial charge is 0.360 e. The Hall–Kier alpha value is -3.73. The van der Waals surface area contributed by atoms with Gasteiger partial charge < -0.3 is 10.3 Å². The second-order valence-corrected chi connectivity index (χ2v) is 6.06. The maximum Gasteiger partial charge on any atom is 0.261 e. The molecule has 132 valence electrons. The molecule has 3 aromatic carbocycles. The van der Waals surface area contributed by atoms with E-state index in [0.717, 1.165) is 0 Å². The molecule has 4 rings (SSSR count). The van der Waals surface area contributed by atoms with Crippen molar-refractivity contribution in [3.63, 3.8) is 0 Å². The summed E-state index contributed by atoms with van der Waals surface area (Å²) < 4.78 is 14.2. The molecule has 0 spiro atoms. The number of nitrogens with one attached hydrogen (secondary N) is 2. The van der Waals surface area contributed by atoms with Gasteiger partial charge in [0.2, 0.25) is 5.43 Å². The first-order chi connectivity index (χ1) is 13.1. The normalized spacial score (nSPS) is 10.7. The number of pyridine rings is 1. The molecule has 0 saturated heterocycles. The van der Waals surface area contributed by atoms with E-state index in [9.17, 15) is 14.0 Å². The third kappa shape index (κ3) is 3.11. The van der Waals surface area contributed by atoms with E-state index in [1.165, 1.54) is 12.3 Å². The molecule has 0 saturated carbocycles. The van der Waals surface area contributed by atoms with E-state index < -0.39 is 5.91 Å². The molecule has 27 heavy (non-hydrogen) atoms. The van der Waals surface area contributed by atoms with Gasteiger partial charge in [-0.2, -0.15) is 0 Å². The lowest BCUT2D eigenvalue weighted by Gasteiger charge is -2.12. The van der Waals surface area contributed by atoms with Gasteiger partial charge in [0.05, 0.1) is 0 Å². The van der Waals surface area contributed by atoms with Crippen molar-refractivity contribution >= 4 is 22.5 Å². The fraction of sp³-hybridized carbons (Fsp3) is 0. The van der Waals surface area contributed by atoms with E-state index in [4.69, 9.17) is 0 Å².